The summed E-state index contributed by atoms with van der Waals surface area (Å²) in [6.07, 6.45) is 2.28. The van der Waals surface area contributed by atoms with Gasteiger partial charge in [-0.15, -0.1) is 0 Å². The Morgan fingerprint density at radius 1 is 1.21 bits per heavy atom. The van der Waals surface area contributed by atoms with Crippen LogP contribution in [0.5, 0.6) is 0 Å². The summed E-state index contributed by atoms with van der Waals surface area (Å²) in [6.45, 7) is 0.476. The zero-order chi connectivity index (χ0) is 21.2. The van der Waals surface area contributed by atoms with E-state index in [2.05, 4.69) is 10.3 Å². The van der Waals surface area contributed by atoms with E-state index in [1.807, 2.05) is 25.1 Å². The molecule has 0 spiro atoms. The van der Waals surface area contributed by atoms with Gasteiger partial charge in [0.2, 0.25) is 15.9 Å². The summed E-state index contributed by atoms with van der Waals surface area (Å²) in [5, 5.41) is 3.41. The molecule has 10 heteroatoms. The number of aromatic nitrogens is 1. The minimum Gasteiger partial charge on any atom is -0.376 e. The molecule has 7 nitrogen and oxygen atoms in total. The van der Waals surface area contributed by atoms with E-state index >= 15 is 0 Å². The molecule has 0 saturated carbocycles. The van der Waals surface area contributed by atoms with Gasteiger partial charge in [-0.2, -0.15) is 4.31 Å². The number of halogens is 2. The molecule has 2 aromatic rings. The van der Waals surface area contributed by atoms with Crippen molar-refractivity contribution in [1.29, 1.82) is 0 Å². The quantitative estimate of drug-likeness (QED) is 0.696. The predicted molar refractivity (Wildman–Crippen MR) is 115 cm³/mol. The molecule has 0 atom stereocenters. The summed E-state index contributed by atoms with van der Waals surface area (Å²) in [4.78, 5) is 18.5. The lowest BCUT2D eigenvalue weighted by Crippen LogP contribution is -2.41. The number of amides is 1. The Balaban J connectivity index is 1.68. The van der Waals surface area contributed by atoms with Crippen LogP contribution in [0.4, 0.5) is 11.4 Å². The summed E-state index contributed by atoms with van der Waals surface area (Å²) in [7, 11) is 0.0203. The molecule has 1 aromatic heterocycles. The zero-order valence-electron chi connectivity index (χ0n) is 16.1. The lowest BCUT2D eigenvalue weighted by Gasteiger charge is -2.31. The third-order valence-corrected chi connectivity index (χ3v) is 7.44. The van der Waals surface area contributed by atoms with Gasteiger partial charge < -0.3 is 10.2 Å². The molecule has 29 heavy (non-hydrogen) atoms. The fourth-order valence-corrected chi connectivity index (χ4v) is 5.36. The molecule has 1 saturated heterocycles. The van der Waals surface area contributed by atoms with Crippen LogP contribution in [0, 0.1) is 5.92 Å². The van der Waals surface area contributed by atoms with Gasteiger partial charge in [-0.3, -0.25) is 4.79 Å². The molecule has 1 aromatic carbocycles. The number of carbonyl (C=O) groups is 1. The number of anilines is 2. The normalized spacial score (nSPS) is 15.9. The van der Waals surface area contributed by atoms with E-state index in [-0.39, 0.29) is 35.0 Å². The molecule has 3 rings (SSSR count). The van der Waals surface area contributed by atoms with Crippen LogP contribution >= 0.6 is 23.2 Å². The highest BCUT2D eigenvalue weighted by molar-refractivity contribution is 7.89. The molecule has 1 aliphatic rings. The van der Waals surface area contributed by atoms with Crippen molar-refractivity contribution in [2.75, 3.05) is 37.4 Å². The van der Waals surface area contributed by atoms with Gasteiger partial charge in [-0.25, -0.2) is 13.4 Å². The first-order valence-corrected chi connectivity index (χ1v) is 11.3. The number of benzene rings is 1. The second-order valence-electron chi connectivity index (χ2n) is 7.02. The molecule has 0 aliphatic carbocycles. The lowest BCUT2D eigenvalue weighted by atomic mass is 9.97. The summed E-state index contributed by atoms with van der Waals surface area (Å²) < 4.78 is 27.0. The van der Waals surface area contributed by atoms with E-state index in [1.54, 1.807) is 12.1 Å². The lowest BCUT2D eigenvalue weighted by molar-refractivity contribution is -0.120. The summed E-state index contributed by atoms with van der Waals surface area (Å²) in [5.74, 6) is -0.438. The fourth-order valence-electron chi connectivity index (χ4n) is 3.29. The number of nitrogens with one attached hydrogen (secondary N) is 1. The van der Waals surface area contributed by atoms with Crippen molar-refractivity contribution < 1.29 is 13.2 Å². The Hall–Kier alpha value is -1.87. The van der Waals surface area contributed by atoms with E-state index in [4.69, 9.17) is 23.2 Å². The number of pyridine rings is 1. The largest absolute Gasteiger partial charge is 0.376 e. The Morgan fingerprint density at radius 3 is 2.52 bits per heavy atom. The SMILES string of the molecule is CN(C)c1ccc(Cl)cc1NC(=O)C1CCN(S(=O)(=O)c2cccnc2Cl)CC1. The van der Waals surface area contributed by atoms with Gasteiger partial charge in [0.1, 0.15) is 10.0 Å². The van der Waals surface area contributed by atoms with Crippen LogP contribution in [0.15, 0.2) is 41.4 Å². The molecule has 1 aliphatic heterocycles. The molecule has 0 radical (unpaired) electrons. The molecule has 0 unspecified atom stereocenters. The van der Waals surface area contributed by atoms with Crippen molar-refractivity contribution in [1.82, 2.24) is 9.29 Å². The number of hydrogen-bond acceptors (Lipinski definition) is 5. The molecular weight excluding hydrogens is 435 g/mol. The smallest absolute Gasteiger partial charge is 0.246 e. The number of piperidine rings is 1. The number of sulfonamides is 1. The van der Waals surface area contributed by atoms with E-state index in [9.17, 15) is 13.2 Å². The van der Waals surface area contributed by atoms with Crippen LogP contribution in [0.2, 0.25) is 10.2 Å². The van der Waals surface area contributed by atoms with Crippen LogP contribution < -0.4 is 10.2 Å². The maximum absolute atomic E-state index is 12.8. The van der Waals surface area contributed by atoms with Crippen molar-refractivity contribution in [3.8, 4) is 0 Å². The number of rotatable bonds is 5. The molecular formula is C19H22Cl2N4O3S. The van der Waals surface area contributed by atoms with Crippen LogP contribution in [-0.4, -0.2) is 50.8 Å². The Bertz CT molecular complexity index is 1010. The van der Waals surface area contributed by atoms with Gasteiger partial charge in [0.15, 0.2) is 0 Å². The Morgan fingerprint density at radius 2 is 1.90 bits per heavy atom. The van der Waals surface area contributed by atoms with Crippen molar-refractivity contribution in [2.45, 2.75) is 17.7 Å². The number of nitrogens with zero attached hydrogens (tertiary/aromatic N) is 3. The van der Waals surface area contributed by atoms with E-state index < -0.39 is 10.0 Å². The molecule has 1 N–H and O–H groups in total. The van der Waals surface area contributed by atoms with Crippen molar-refractivity contribution >= 4 is 50.5 Å². The molecule has 1 amide bonds. The van der Waals surface area contributed by atoms with Crippen LogP contribution in [0.25, 0.3) is 0 Å². The average molecular weight is 457 g/mol. The highest BCUT2D eigenvalue weighted by Gasteiger charge is 2.33. The van der Waals surface area contributed by atoms with E-state index in [0.29, 0.717) is 23.6 Å². The van der Waals surface area contributed by atoms with Crippen molar-refractivity contribution in [3.05, 3.63) is 46.7 Å². The minimum atomic E-state index is -3.74. The molecule has 0 bridgehead atoms. The van der Waals surface area contributed by atoms with Gasteiger partial charge in [0.05, 0.1) is 11.4 Å². The van der Waals surface area contributed by atoms with Crippen molar-refractivity contribution in [2.24, 2.45) is 5.92 Å². The first-order valence-electron chi connectivity index (χ1n) is 9.08. The number of carbonyl (C=O) groups excluding carboxylic acids is 1. The highest BCUT2D eigenvalue weighted by Crippen LogP contribution is 2.31. The Kier molecular flexibility index (Phi) is 6.68. The maximum atomic E-state index is 12.8. The summed E-state index contributed by atoms with van der Waals surface area (Å²) in [5.41, 5.74) is 1.47. The van der Waals surface area contributed by atoms with E-state index in [0.717, 1.165) is 5.69 Å². The molecule has 156 valence electrons. The van der Waals surface area contributed by atoms with E-state index in [1.165, 1.54) is 22.6 Å². The summed E-state index contributed by atoms with van der Waals surface area (Å²) >= 11 is 12.0. The van der Waals surface area contributed by atoms with Gasteiger partial charge in [0, 0.05) is 44.3 Å². The first-order chi connectivity index (χ1) is 13.7. The van der Waals surface area contributed by atoms with Crippen molar-refractivity contribution in [3.63, 3.8) is 0 Å². The van der Waals surface area contributed by atoms with Crippen LogP contribution in [-0.2, 0) is 14.8 Å². The third kappa shape index (κ3) is 4.83. The van der Waals surface area contributed by atoms with Crippen LogP contribution in [0.3, 0.4) is 0 Å². The molecule has 1 fully saturated rings. The van der Waals surface area contributed by atoms with Gasteiger partial charge in [-0.05, 0) is 43.2 Å². The Labute approximate surface area is 180 Å². The maximum Gasteiger partial charge on any atom is 0.246 e. The van der Waals surface area contributed by atoms with Gasteiger partial charge >= 0.3 is 0 Å². The van der Waals surface area contributed by atoms with Gasteiger partial charge in [-0.1, -0.05) is 23.2 Å². The average Bonchev–Trinajstić information content (AvgIpc) is 2.68. The topological polar surface area (TPSA) is 82.6 Å². The second-order valence-corrected chi connectivity index (χ2v) is 9.72. The van der Waals surface area contributed by atoms with Gasteiger partial charge in [0.25, 0.3) is 0 Å². The highest BCUT2D eigenvalue weighted by atomic mass is 35.5. The fraction of sp³-hybridized carbons (Fsp3) is 0.368. The predicted octanol–water partition coefficient (Wildman–Crippen LogP) is 3.49. The summed E-state index contributed by atoms with van der Waals surface area (Å²) in [6, 6.07) is 8.28. The zero-order valence-corrected chi connectivity index (χ0v) is 18.4. The third-order valence-electron chi connectivity index (χ3n) is 4.87. The van der Waals surface area contributed by atoms with Crippen LogP contribution in [0.1, 0.15) is 12.8 Å². The minimum absolute atomic E-state index is 0.0147. The second kappa shape index (κ2) is 8.87. The standard InChI is InChI=1S/C19H22Cl2N4O3S/c1-24(2)16-6-5-14(20)12-15(16)23-19(26)13-7-10-25(11-8-13)29(27,28)17-4-3-9-22-18(17)21/h3-6,9,12-13H,7-8,10-11H2,1-2H3,(H,23,26). The number of hydrogen-bond donors (Lipinski definition) is 1. The first kappa shape index (κ1) is 21.8. The monoisotopic (exact) mass is 456 g/mol. The molecule has 2 heterocycles.